The van der Waals surface area contributed by atoms with Crippen molar-refractivity contribution in [1.29, 1.82) is 0 Å². The Hall–Kier alpha value is -3.51. The van der Waals surface area contributed by atoms with Crippen LogP contribution in [0.4, 0.5) is 0 Å². The molecule has 1 saturated heterocycles. The van der Waals surface area contributed by atoms with Gasteiger partial charge in [-0.05, 0) is 93.0 Å². The van der Waals surface area contributed by atoms with Crippen LogP contribution >= 0.6 is 12.2 Å². The lowest BCUT2D eigenvalue weighted by atomic mass is 9.96. The third-order valence-electron chi connectivity index (χ3n) is 6.65. The molecule has 5 rings (SSSR count). The van der Waals surface area contributed by atoms with Crippen LogP contribution in [0.1, 0.15) is 51.5 Å². The van der Waals surface area contributed by atoms with Crippen LogP contribution in [-0.4, -0.2) is 24.5 Å². The van der Waals surface area contributed by atoms with Crippen LogP contribution in [0.25, 0.3) is 5.69 Å². The first kappa shape index (κ1) is 22.3. The number of nitrogens with one attached hydrogen (secondary N) is 1. The predicted molar refractivity (Wildman–Crippen MR) is 140 cm³/mol. The fraction of sp³-hybridized carbons (Fsp3) is 0.250. The van der Waals surface area contributed by atoms with Crippen LogP contribution in [0.2, 0.25) is 0 Å². The molecule has 1 N–H and O–H groups in total. The molecule has 3 aromatic heterocycles. The zero-order valence-electron chi connectivity index (χ0n) is 20.0. The lowest BCUT2D eigenvalue weighted by Gasteiger charge is -2.28. The van der Waals surface area contributed by atoms with Crippen molar-refractivity contribution in [3.8, 4) is 5.69 Å². The SMILES string of the molecule is Cc1ccc(C)c(-n2c(C)cc([C@@H]3[C@H](c4ccccn4)NC(=S)N3Cc3ccccn3)c2C)c1. The molecule has 1 aliphatic rings. The van der Waals surface area contributed by atoms with Gasteiger partial charge in [0, 0.05) is 29.5 Å². The number of thiocarbonyl (C=S) groups is 1. The second kappa shape index (κ2) is 9.03. The Bertz CT molecular complexity index is 1330. The maximum atomic E-state index is 5.86. The van der Waals surface area contributed by atoms with E-state index in [0.717, 1.165) is 16.5 Å². The van der Waals surface area contributed by atoms with E-state index in [4.69, 9.17) is 12.2 Å². The van der Waals surface area contributed by atoms with E-state index in [9.17, 15) is 0 Å². The Morgan fingerprint density at radius 1 is 0.912 bits per heavy atom. The Balaban J connectivity index is 1.64. The van der Waals surface area contributed by atoms with Crippen molar-refractivity contribution < 1.29 is 0 Å². The summed E-state index contributed by atoms with van der Waals surface area (Å²) >= 11 is 5.86. The number of hydrogen-bond donors (Lipinski definition) is 1. The summed E-state index contributed by atoms with van der Waals surface area (Å²) in [6, 6.07) is 20.9. The molecule has 4 aromatic rings. The molecule has 0 saturated carbocycles. The minimum Gasteiger partial charge on any atom is -0.352 e. The van der Waals surface area contributed by atoms with Gasteiger partial charge in [0.2, 0.25) is 0 Å². The lowest BCUT2D eigenvalue weighted by Crippen LogP contribution is -2.29. The average molecular weight is 468 g/mol. The molecule has 0 bridgehead atoms. The van der Waals surface area contributed by atoms with Crippen LogP contribution in [0.15, 0.2) is 73.1 Å². The van der Waals surface area contributed by atoms with Gasteiger partial charge in [-0.1, -0.05) is 24.3 Å². The Kier molecular flexibility index (Phi) is 5.92. The molecule has 1 aliphatic heterocycles. The number of pyridine rings is 2. The highest BCUT2D eigenvalue weighted by molar-refractivity contribution is 7.80. The van der Waals surface area contributed by atoms with Gasteiger partial charge in [0.05, 0.1) is 30.0 Å². The van der Waals surface area contributed by atoms with Crippen LogP contribution in [0.5, 0.6) is 0 Å². The van der Waals surface area contributed by atoms with Crippen molar-refractivity contribution in [3.05, 3.63) is 113 Å². The molecule has 1 aromatic carbocycles. The zero-order chi connectivity index (χ0) is 23.8. The number of benzene rings is 1. The summed E-state index contributed by atoms with van der Waals surface area (Å²) < 4.78 is 2.37. The van der Waals surface area contributed by atoms with Gasteiger partial charge in [-0.2, -0.15) is 0 Å². The molecule has 172 valence electrons. The van der Waals surface area contributed by atoms with Crippen LogP contribution in [0, 0.1) is 27.7 Å². The van der Waals surface area contributed by atoms with Crippen LogP contribution in [-0.2, 0) is 6.54 Å². The lowest BCUT2D eigenvalue weighted by molar-refractivity contribution is 0.307. The average Bonchev–Trinajstić information content (AvgIpc) is 3.31. The summed E-state index contributed by atoms with van der Waals surface area (Å²) in [6.07, 6.45) is 3.68. The predicted octanol–water partition coefficient (Wildman–Crippen LogP) is 5.67. The van der Waals surface area contributed by atoms with Gasteiger partial charge in [0.25, 0.3) is 0 Å². The molecule has 4 heterocycles. The minimum atomic E-state index is -0.0510. The molecule has 1 fully saturated rings. The number of hydrogen-bond acceptors (Lipinski definition) is 3. The number of aryl methyl sites for hydroxylation is 3. The summed E-state index contributed by atoms with van der Waals surface area (Å²) in [5.74, 6) is 0. The van der Waals surface area contributed by atoms with E-state index < -0.39 is 0 Å². The van der Waals surface area contributed by atoms with Gasteiger partial charge in [0.15, 0.2) is 5.11 Å². The summed E-state index contributed by atoms with van der Waals surface area (Å²) in [4.78, 5) is 11.5. The van der Waals surface area contributed by atoms with E-state index in [1.165, 1.54) is 33.8 Å². The normalized spacial score (nSPS) is 17.8. The highest BCUT2D eigenvalue weighted by Gasteiger charge is 2.41. The van der Waals surface area contributed by atoms with E-state index in [1.807, 2.05) is 42.7 Å². The van der Waals surface area contributed by atoms with Crippen molar-refractivity contribution in [2.24, 2.45) is 0 Å². The monoisotopic (exact) mass is 467 g/mol. The largest absolute Gasteiger partial charge is 0.352 e. The zero-order valence-corrected chi connectivity index (χ0v) is 20.8. The fourth-order valence-electron chi connectivity index (χ4n) is 5.00. The van der Waals surface area contributed by atoms with Gasteiger partial charge < -0.3 is 14.8 Å². The quantitative estimate of drug-likeness (QED) is 0.383. The maximum absolute atomic E-state index is 5.86. The Morgan fingerprint density at radius 2 is 1.68 bits per heavy atom. The molecule has 0 amide bonds. The standard InChI is InChI=1S/C28H29N5S/c1-18-11-12-19(2)25(15-18)33-20(3)16-23(21(33)4)27-26(24-10-6-8-14-30-24)31-28(34)32(27)17-22-9-5-7-13-29-22/h5-16,26-27H,17H2,1-4H3,(H,31,34)/t26-,27+/m0/s1. The van der Waals surface area contributed by atoms with E-state index in [-0.39, 0.29) is 12.1 Å². The number of nitrogens with zero attached hydrogens (tertiary/aromatic N) is 4. The van der Waals surface area contributed by atoms with Gasteiger partial charge >= 0.3 is 0 Å². The molecule has 0 aliphatic carbocycles. The summed E-state index contributed by atoms with van der Waals surface area (Å²) in [6.45, 7) is 9.33. The molecule has 0 radical (unpaired) electrons. The summed E-state index contributed by atoms with van der Waals surface area (Å²) in [5.41, 5.74) is 9.37. The van der Waals surface area contributed by atoms with Crippen molar-refractivity contribution in [3.63, 3.8) is 0 Å². The molecular weight excluding hydrogens is 438 g/mol. The van der Waals surface area contributed by atoms with Gasteiger partial charge in [0.1, 0.15) is 0 Å². The number of rotatable bonds is 5. The van der Waals surface area contributed by atoms with E-state index >= 15 is 0 Å². The van der Waals surface area contributed by atoms with Crippen LogP contribution < -0.4 is 5.32 Å². The second-order valence-electron chi connectivity index (χ2n) is 9.03. The van der Waals surface area contributed by atoms with Crippen molar-refractivity contribution >= 4 is 17.3 Å². The first-order valence-corrected chi connectivity index (χ1v) is 12.0. The van der Waals surface area contributed by atoms with E-state index in [1.54, 1.807) is 0 Å². The van der Waals surface area contributed by atoms with Crippen LogP contribution in [0.3, 0.4) is 0 Å². The molecule has 6 heteroatoms. The third kappa shape index (κ3) is 3.99. The van der Waals surface area contributed by atoms with Crippen molar-refractivity contribution in [2.45, 2.75) is 46.3 Å². The van der Waals surface area contributed by atoms with Gasteiger partial charge in [-0.25, -0.2) is 0 Å². The van der Waals surface area contributed by atoms with E-state index in [2.05, 4.69) is 82.8 Å². The highest BCUT2D eigenvalue weighted by atomic mass is 32.1. The molecular formula is C28H29N5S. The minimum absolute atomic E-state index is 0.00512. The van der Waals surface area contributed by atoms with Crippen molar-refractivity contribution in [1.82, 2.24) is 24.8 Å². The van der Waals surface area contributed by atoms with Gasteiger partial charge in [-0.15, -0.1) is 0 Å². The highest BCUT2D eigenvalue weighted by Crippen LogP contribution is 2.42. The smallest absolute Gasteiger partial charge is 0.170 e. The van der Waals surface area contributed by atoms with Gasteiger partial charge in [-0.3, -0.25) is 9.97 Å². The first-order chi connectivity index (χ1) is 16.4. The molecule has 0 unspecified atom stereocenters. The summed E-state index contributed by atoms with van der Waals surface area (Å²) in [5, 5.41) is 4.29. The molecule has 0 spiro atoms. The summed E-state index contributed by atoms with van der Waals surface area (Å²) in [7, 11) is 0. The number of aromatic nitrogens is 3. The van der Waals surface area contributed by atoms with Crippen molar-refractivity contribution in [2.75, 3.05) is 0 Å². The topological polar surface area (TPSA) is 46.0 Å². The molecule has 2 atom stereocenters. The molecule has 34 heavy (non-hydrogen) atoms. The fourth-order valence-corrected chi connectivity index (χ4v) is 5.30. The Labute approximate surface area is 206 Å². The van der Waals surface area contributed by atoms with E-state index in [0.29, 0.717) is 6.54 Å². The third-order valence-corrected chi connectivity index (χ3v) is 7.00. The first-order valence-electron chi connectivity index (χ1n) is 11.6. The maximum Gasteiger partial charge on any atom is 0.170 e. The second-order valence-corrected chi connectivity index (χ2v) is 9.41. The Morgan fingerprint density at radius 3 is 2.38 bits per heavy atom. The molecule has 5 nitrogen and oxygen atoms in total.